The summed E-state index contributed by atoms with van der Waals surface area (Å²) in [5.41, 5.74) is 2.55. The maximum Gasteiger partial charge on any atom is 0.274 e. The maximum atomic E-state index is 13.7. The average molecular weight is 366 g/mol. The van der Waals surface area contributed by atoms with Crippen LogP contribution in [0.5, 0.6) is 0 Å². The molecule has 1 amide bonds. The molecule has 0 saturated carbocycles. The number of halogens is 2. The van der Waals surface area contributed by atoms with Crippen molar-refractivity contribution in [2.75, 3.05) is 16.8 Å². The van der Waals surface area contributed by atoms with Gasteiger partial charge in [0.2, 0.25) is 0 Å². The number of fused-ring (bicyclic) bond motifs is 1. The molecule has 5 nitrogen and oxygen atoms in total. The van der Waals surface area contributed by atoms with Crippen LogP contribution in [0.15, 0.2) is 54.9 Å². The summed E-state index contributed by atoms with van der Waals surface area (Å²) < 4.78 is 26.7. The van der Waals surface area contributed by atoms with Crippen molar-refractivity contribution in [1.29, 1.82) is 0 Å². The molecule has 0 aliphatic carbocycles. The van der Waals surface area contributed by atoms with E-state index in [-0.39, 0.29) is 11.4 Å². The van der Waals surface area contributed by atoms with Gasteiger partial charge in [-0.2, -0.15) is 0 Å². The number of carbonyl (C=O) groups is 1. The van der Waals surface area contributed by atoms with Crippen molar-refractivity contribution in [3.05, 3.63) is 83.3 Å². The summed E-state index contributed by atoms with van der Waals surface area (Å²) in [5.74, 6) is -1.50. The Morgan fingerprint density at radius 3 is 2.67 bits per heavy atom. The van der Waals surface area contributed by atoms with Crippen LogP contribution >= 0.6 is 0 Å². The molecule has 0 atom stereocenters. The second-order valence-electron chi connectivity index (χ2n) is 6.28. The molecule has 136 valence electrons. The predicted octanol–water partition coefficient (Wildman–Crippen LogP) is 3.57. The SMILES string of the molecule is O=C(Nc1ccc(F)cc1F)c1cc(N2CCc3ccccc3C2)ncn1. The number of nitrogens with zero attached hydrogens (tertiary/aromatic N) is 3. The molecule has 1 aromatic heterocycles. The lowest BCUT2D eigenvalue weighted by Gasteiger charge is -2.29. The molecule has 27 heavy (non-hydrogen) atoms. The number of anilines is 2. The third-order valence-corrected chi connectivity index (χ3v) is 4.52. The van der Waals surface area contributed by atoms with E-state index in [9.17, 15) is 13.6 Å². The topological polar surface area (TPSA) is 58.1 Å². The molecule has 1 aliphatic rings. The lowest BCUT2D eigenvalue weighted by Crippen LogP contribution is -2.31. The summed E-state index contributed by atoms with van der Waals surface area (Å²) in [6.45, 7) is 1.47. The molecular formula is C20H16F2N4O. The minimum Gasteiger partial charge on any atom is -0.352 e. The molecule has 0 bridgehead atoms. The predicted molar refractivity (Wildman–Crippen MR) is 97.5 cm³/mol. The first kappa shape index (κ1) is 17.1. The highest BCUT2D eigenvalue weighted by atomic mass is 19.1. The van der Waals surface area contributed by atoms with Crippen LogP contribution in [0.25, 0.3) is 0 Å². The highest BCUT2D eigenvalue weighted by molar-refractivity contribution is 6.03. The molecule has 0 unspecified atom stereocenters. The normalized spacial score (nSPS) is 13.2. The van der Waals surface area contributed by atoms with Gasteiger partial charge in [0.1, 0.15) is 29.5 Å². The molecule has 0 spiro atoms. The third-order valence-electron chi connectivity index (χ3n) is 4.52. The number of hydrogen-bond donors (Lipinski definition) is 1. The van der Waals surface area contributed by atoms with Crippen LogP contribution in [0.4, 0.5) is 20.3 Å². The van der Waals surface area contributed by atoms with E-state index >= 15 is 0 Å². The lowest BCUT2D eigenvalue weighted by atomic mass is 10.00. The van der Waals surface area contributed by atoms with Gasteiger partial charge in [-0.05, 0) is 29.7 Å². The van der Waals surface area contributed by atoms with Gasteiger partial charge in [0.15, 0.2) is 0 Å². The highest BCUT2D eigenvalue weighted by Gasteiger charge is 2.19. The second kappa shape index (κ2) is 7.11. The Labute approximate surface area is 154 Å². The number of rotatable bonds is 3. The average Bonchev–Trinajstić information content (AvgIpc) is 2.70. The van der Waals surface area contributed by atoms with Crippen LogP contribution < -0.4 is 10.2 Å². The zero-order chi connectivity index (χ0) is 18.8. The Bertz CT molecular complexity index is 1010. The summed E-state index contributed by atoms with van der Waals surface area (Å²) in [6.07, 6.45) is 2.20. The summed E-state index contributed by atoms with van der Waals surface area (Å²) in [7, 11) is 0. The van der Waals surface area contributed by atoms with Crippen LogP contribution in [0.2, 0.25) is 0 Å². The van der Waals surface area contributed by atoms with Crippen LogP contribution in [0.1, 0.15) is 21.6 Å². The summed E-state index contributed by atoms with van der Waals surface area (Å²) in [5, 5.41) is 2.41. The van der Waals surface area contributed by atoms with E-state index in [1.54, 1.807) is 6.07 Å². The minimum absolute atomic E-state index is 0.103. The fourth-order valence-electron chi connectivity index (χ4n) is 3.11. The van der Waals surface area contributed by atoms with Gasteiger partial charge >= 0.3 is 0 Å². The van der Waals surface area contributed by atoms with Gasteiger partial charge in [-0.3, -0.25) is 4.79 Å². The molecule has 7 heteroatoms. The Morgan fingerprint density at radius 1 is 1.04 bits per heavy atom. The van der Waals surface area contributed by atoms with Gasteiger partial charge in [-0.1, -0.05) is 24.3 Å². The minimum atomic E-state index is -0.842. The summed E-state index contributed by atoms with van der Waals surface area (Å²) >= 11 is 0. The fourth-order valence-corrected chi connectivity index (χ4v) is 3.11. The van der Waals surface area contributed by atoms with E-state index in [1.807, 2.05) is 12.1 Å². The molecule has 2 heterocycles. The van der Waals surface area contributed by atoms with Gasteiger partial charge in [0.25, 0.3) is 5.91 Å². The fraction of sp³-hybridized carbons (Fsp3) is 0.150. The van der Waals surface area contributed by atoms with Crippen LogP contribution in [-0.2, 0) is 13.0 Å². The largest absolute Gasteiger partial charge is 0.352 e. The van der Waals surface area contributed by atoms with E-state index in [1.165, 1.54) is 23.5 Å². The lowest BCUT2D eigenvalue weighted by molar-refractivity contribution is 0.102. The Morgan fingerprint density at radius 2 is 1.85 bits per heavy atom. The van der Waals surface area contributed by atoms with Gasteiger partial charge in [-0.25, -0.2) is 18.7 Å². The molecule has 4 rings (SSSR count). The molecule has 0 saturated heterocycles. The Balaban J connectivity index is 1.53. The number of carbonyl (C=O) groups excluding carboxylic acids is 1. The standard InChI is InChI=1S/C20H16F2N4O/c21-15-5-6-17(16(22)9-15)25-20(27)18-10-19(24-12-23-18)26-8-7-13-3-1-2-4-14(13)11-26/h1-6,9-10,12H,7-8,11H2,(H,25,27). The van der Waals surface area contributed by atoms with Crippen LogP contribution in [0.3, 0.4) is 0 Å². The molecular weight excluding hydrogens is 350 g/mol. The van der Waals surface area contributed by atoms with E-state index < -0.39 is 17.5 Å². The number of amides is 1. The number of nitrogens with one attached hydrogen (secondary N) is 1. The molecule has 2 aromatic carbocycles. The van der Waals surface area contributed by atoms with Gasteiger partial charge < -0.3 is 10.2 Å². The summed E-state index contributed by atoms with van der Waals surface area (Å²) in [4.78, 5) is 22.7. The maximum absolute atomic E-state index is 13.7. The molecule has 1 aliphatic heterocycles. The van der Waals surface area contributed by atoms with Gasteiger partial charge in [0, 0.05) is 25.2 Å². The molecule has 0 fully saturated rings. The first-order valence-corrected chi connectivity index (χ1v) is 8.50. The monoisotopic (exact) mass is 366 g/mol. The van der Waals surface area contributed by atoms with Gasteiger partial charge in [0.05, 0.1) is 5.69 Å². The van der Waals surface area contributed by atoms with Crippen molar-refractivity contribution in [2.45, 2.75) is 13.0 Å². The van der Waals surface area contributed by atoms with E-state index in [4.69, 9.17) is 0 Å². The quantitative estimate of drug-likeness (QED) is 0.770. The van der Waals surface area contributed by atoms with E-state index in [0.29, 0.717) is 18.4 Å². The smallest absolute Gasteiger partial charge is 0.274 e. The molecule has 1 N–H and O–H groups in total. The molecule has 3 aromatic rings. The van der Waals surface area contributed by atoms with Crippen molar-refractivity contribution in [2.24, 2.45) is 0 Å². The van der Waals surface area contributed by atoms with Gasteiger partial charge in [-0.15, -0.1) is 0 Å². The van der Waals surface area contributed by atoms with Crippen LogP contribution in [-0.4, -0.2) is 22.4 Å². The second-order valence-corrected chi connectivity index (χ2v) is 6.28. The highest BCUT2D eigenvalue weighted by Crippen LogP contribution is 2.23. The Kier molecular flexibility index (Phi) is 4.50. The Hall–Kier alpha value is -3.35. The molecule has 0 radical (unpaired) electrons. The van der Waals surface area contributed by atoms with Crippen LogP contribution in [0, 0.1) is 11.6 Å². The number of benzene rings is 2. The number of hydrogen-bond acceptors (Lipinski definition) is 4. The van der Waals surface area contributed by atoms with E-state index in [2.05, 4.69) is 32.3 Å². The van der Waals surface area contributed by atoms with Crippen molar-refractivity contribution in [3.63, 3.8) is 0 Å². The summed E-state index contributed by atoms with van der Waals surface area (Å²) in [6, 6.07) is 12.8. The van der Waals surface area contributed by atoms with E-state index in [0.717, 1.165) is 19.0 Å². The first-order valence-electron chi connectivity index (χ1n) is 8.50. The van der Waals surface area contributed by atoms with Crippen molar-refractivity contribution >= 4 is 17.4 Å². The zero-order valence-electron chi connectivity index (χ0n) is 14.3. The van der Waals surface area contributed by atoms with Crippen molar-refractivity contribution in [3.8, 4) is 0 Å². The van der Waals surface area contributed by atoms with Crippen molar-refractivity contribution in [1.82, 2.24) is 9.97 Å². The number of aromatic nitrogens is 2. The first-order chi connectivity index (χ1) is 13.1. The third kappa shape index (κ3) is 3.62. The zero-order valence-corrected chi connectivity index (χ0v) is 14.3. The van der Waals surface area contributed by atoms with Crippen molar-refractivity contribution < 1.29 is 13.6 Å².